The van der Waals surface area contributed by atoms with Gasteiger partial charge in [-0.1, -0.05) is 16.8 Å². The molecule has 1 heterocycles. The first-order chi connectivity index (χ1) is 4.34. The third kappa shape index (κ3) is 1.23. The van der Waals surface area contributed by atoms with E-state index in [0.29, 0.717) is 5.69 Å². The van der Waals surface area contributed by atoms with Crippen molar-refractivity contribution < 1.29 is 5.21 Å². The smallest absolute Gasteiger partial charge is 0.191 e. The first-order valence-corrected chi connectivity index (χ1v) is 2.73. The molecule has 3 nitrogen and oxygen atoms in total. The molecule has 1 aromatic rings. The fourth-order valence-corrected chi connectivity index (χ4v) is 0.630. The van der Waals surface area contributed by atoms with Gasteiger partial charge in [-0.2, -0.15) is 0 Å². The van der Waals surface area contributed by atoms with E-state index in [4.69, 9.17) is 16.8 Å². The molecule has 0 atom stereocenters. The maximum atomic E-state index is 8.14. The maximum absolute atomic E-state index is 8.14. The highest BCUT2D eigenvalue weighted by atomic mass is 35.5. The Labute approximate surface area is 57.0 Å². The van der Waals surface area contributed by atoms with Crippen LogP contribution in [0.5, 0.6) is 0 Å². The summed E-state index contributed by atoms with van der Waals surface area (Å²) < 4.78 is 0. The molecule has 48 valence electrons. The Balaban J connectivity index is 2.90. The van der Waals surface area contributed by atoms with E-state index < -0.39 is 0 Å². The van der Waals surface area contributed by atoms with Crippen LogP contribution in [0.2, 0.25) is 0 Å². The van der Waals surface area contributed by atoms with Crippen molar-refractivity contribution in [1.29, 1.82) is 0 Å². The van der Waals surface area contributed by atoms with Crippen molar-refractivity contribution in [3.05, 3.63) is 24.0 Å². The van der Waals surface area contributed by atoms with E-state index in [-0.39, 0.29) is 5.17 Å². The fourth-order valence-electron chi connectivity index (χ4n) is 0.513. The van der Waals surface area contributed by atoms with Crippen molar-refractivity contribution in [3.8, 4) is 0 Å². The lowest BCUT2D eigenvalue weighted by atomic mass is 10.5. The highest BCUT2D eigenvalue weighted by Crippen LogP contribution is 1.99. The van der Waals surface area contributed by atoms with E-state index in [1.807, 2.05) is 0 Å². The van der Waals surface area contributed by atoms with Gasteiger partial charge < -0.3 is 10.2 Å². The summed E-state index contributed by atoms with van der Waals surface area (Å²) in [5.74, 6) is 0. The van der Waals surface area contributed by atoms with Crippen molar-refractivity contribution in [2.75, 3.05) is 0 Å². The van der Waals surface area contributed by atoms with Crippen molar-refractivity contribution in [2.24, 2.45) is 5.16 Å². The van der Waals surface area contributed by atoms with Crippen LogP contribution in [0, 0.1) is 0 Å². The number of halogens is 1. The lowest BCUT2D eigenvalue weighted by Gasteiger charge is -1.85. The summed E-state index contributed by atoms with van der Waals surface area (Å²) >= 11 is 5.40. The van der Waals surface area contributed by atoms with Crippen molar-refractivity contribution in [2.45, 2.75) is 0 Å². The number of oxime groups is 1. The third-order valence-corrected chi connectivity index (χ3v) is 1.19. The Kier molecular flexibility index (Phi) is 1.75. The Bertz CT molecular complexity index is 205. The van der Waals surface area contributed by atoms with E-state index in [2.05, 4.69) is 10.1 Å². The second-order valence-corrected chi connectivity index (χ2v) is 1.83. The topological polar surface area (TPSA) is 48.4 Å². The van der Waals surface area contributed by atoms with Crippen molar-refractivity contribution in [3.63, 3.8) is 0 Å². The Morgan fingerprint density at radius 3 is 3.00 bits per heavy atom. The summed E-state index contributed by atoms with van der Waals surface area (Å²) in [5, 5.41) is 11.0. The van der Waals surface area contributed by atoms with Crippen LogP contribution >= 0.6 is 11.6 Å². The first kappa shape index (κ1) is 6.16. The summed E-state index contributed by atoms with van der Waals surface area (Å²) in [4.78, 5) is 2.77. The van der Waals surface area contributed by atoms with Gasteiger partial charge in [0.25, 0.3) is 0 Å². The van der Waals surface area contributed by atoms with E-state index >= 15 is 0 Å². The molecule has 9 heavy (non-hydrogen) atoms. The van der Waals surface area contributed by atoms with Gasteiger partial charge >= 0.3 is 0 Å². The van der Waals surface area contributed by atoms with E-state index in [1.54, 1.807) is 18.3 Å². The molecular formula is C5H5ClN2O. The molecule has 0 bridgehead atoms. The molecule has 0 fully saturated rings. The zero-order valence-electron chi connectivity index (χ0n) is 4.50. The maximum Gasteiger partial charge on any atom is 0.191 e. The van der Waals surface area contributed by atoms with Crippen LogP contribution in [0.15, 0.2) is 23.5 Å². The standard InChI is InChI=1S/C5H5ClN2O/c6-5(8-9)4-2-1-3-7-4/h1-3,7,9H. The largest absolute Gasteiger partial charge is 0.410 e. The third-order valence-electron chi connectivity index (χ3n) is 0.908. The molecule has 2 N–H and O–H groups in total. The summed E-state index contributed by atoms with van der Waals surface area (Å²) in [7, 11) is 0. The second-order valence-electron chi connectivity index (χ2n) is 1.47. The molecular weight excluding hydrogens is 140 g/mol. The van der Waals surface area contributed by atoms with Crippen LogP contribution in [0.4, 0.5) is 0 Å². The van der Waals surface area contributed by atoms with E-state index in [9.17, 15) is 0 Å². The van der Waals surface area contributed by atoms with Gasteiger partial charge in [-0.25, -0.2) is 0 Å². The Hall–Kier alpha value is -0.960. The monoisotopic (exact) mass is 144 g/mol. The number of hydrogen-bond donors (Lipinski definition) is 2. The summed E-state index contributed by atoms with van der Waals surface area (Å²) in [6.45, 7) is 0. The predicted octanol–water partition coefficient (Wildman–Crippen LogP) is 1.39. The number of hydrogen-bond acceptors (Lipinski definition) is 2. The number of nitrogens with one attached hydrogen (secondary N) is 1. The molecule has 0 spiro atoms. The number of aromatic nitrogens is 1. The Morgan fingerprint density at radius 1 is 1.78 bits per heavy atom. The number of H-pyrrole nitrogens is 1. The van der Waals surface area contributed by atoms with Gasteiger partial charge in [0.05, 0.1) is 5.69 Å². The van der Waals surface area contributed by atoms with Crippen molar-refractivity contribution >= 4 is 16.8 Å². The molecule has 0 aromatic carbocycles. The Morgan fingerprint density at radius 2 is 2.56 bits per heavy atom. The molecule has 0 aliphatic rings. The SMILES string of the molecule is ON=C(Cl)c1ccc[nH]1. The molecule has 0 saturated heterocycles. The first-order valence-electron chi connectivity index (χ1n) is 2.36. The molecule has 4 heteroatoms. The number of rotatable bonds is 1. The highest BCUT2D eigenvalue weighted by molar-refractivity contribution is 6.69. The molecule has 0 unspecified atom stereocenters. The normalized spacial score (nSPS) is 11.9. The fraction of sp³-hybridized carbons (Fsp3) is 0. The van der Waals surface area contributed by atoms with Crippen LogP contribution < -0.4 is 0 Å². The van der Waals surface area contributed by atoms with E-state index in [0.717, 1.165) is 0 Å². The van der Waals surface area contributed by atoms with Gasteiger partial charge in [0.1, 0.15) is 0 Å². The minimum absolute atomic E-state index is 0.0694. The zero-order valence-corrected chi connectivity index (χ0v) is 5.26. The van der Waals surface area contributed by atoms with Crippen LogP contribution in [-0.4, -0.2) is 15.4 Å². The molecule has 0 aliphatic carbocycles. The summed E-state index contributed by atoms with van der Waals surface area (Å²) in [6.07, 6.45) is 1.70. The average molecular weight is 145 g/mol. The van der Waals surface area contributed by atoms with Gasteiger partial charge in [0.2, 0.25) is 0 Å². The predicted molar refractivity (Wildman–Crippen MR) is 35.0 cm³/mol. The van der Waals surface area contributed by atoms with Crippen LogP contribution in [-0.2, 0) is 0 Å². The summed E-state index contributed by atoms with van der Waals surface area (Å²) in [6, 6.07) is 3.48. The molecule has 1 aromatic heterocycles. The lowest BCUT2D eigenvalue weighted by Crippen LogP contribution is -1.88. The molecule has 0 saturated carbocycles. The average Bonchev–Trinajstić information content (AvgIpc) is 2.37. The van der Waals surface area contributed by atoms with Gasteiger partial charge in [-0.15, -0.1) is 0 Å². The van der Waals surface area contributed by atoms with Crippen LogP contribution in [0.25, 0.3) is 0 Å². The van der Waals surface area contributed by atoms with Gasteiger partial charge in [-0.05, 0) is 12.1 Å². The minimum atomic E-state index is 0.0694. The lowest BCUT2D eigenvalue weighted by molar-refractivity contribution is 0.320. The molecule has 0 aliphatic heterocycles. The van der Waals surface area contributed by atoms with Crippen molar-refractivity contribution in [1.82, 2.24) is 4.98 Å². The number of nitrogens with zero attached hydrogens (tertiary/aromatic N) is 1. The quantitative estimate of drug-likeness (QED) is 0.349. The minimum Gasteiger partial charge on any atom is -0.410 e. The molecule has 0 amide bonds. The molecule has 1 rings (SSSR count). The van der Waals surface area contributed by atoms with Gasteiger partial charge in [-0.3, -0.25) is 0 Å². The van der Waals surface area contributed by atoms with Crippen LogP contribution in [0.3, 0.4) is 0 Å². The zero-order chi connectivity index (χ0) is 6.69. The molecule has 0 radical (unpaired) electrons. The second kappa shape index (κ2) is 2.55. The summed E-state index contributed by atoms with van der Waals surface area (Å²) in [5.41, 5.74) is 0.610. The highest BCUT2D eigenvalue weighted by Gasteiger charge is 1.97. The van der Waals surface area contributed by atoms with E-state index in [1.165, 1.54) is 0 Å². The number of aromatic amines is 1. The van der Waals surface area contributed by atoms with Crippen LogP contribution in [0.1, 0.15) is 5.69 Å². The van der Waals surface area contributed by atoms with Gasteiger partial charge in [0, 0.05) is 6.20 Å². The van der Waals surface area contributed by atoms with Gasteiger partial charge in [0.15, 0.2) is 5.17 Å².